The first-order chi connectivity index (χ1) is 6.06. The van der Waals surface area contributed by atoms with E-state index in [9.17, 15) is 13.5 Å². The van der Waals surface area contributed by atoms with Crippen molar-refractivity contribution in [1.82, 2.24) is 9.97 Å². The van der Waals surface area contributed by atoms with Crippen LogP contribution in [-0.2, 0) is 14.9 Å². The van der Waals surface area contributed by atoms with E-state index in [1.165, 1.54) is 12.5 Å². The molecule has 0 fully saturated rings. The number of aromatic amines is 1. The van der Waals surface area contributed by atoms with Gasteiger partial charge in [0.25, 0.3) is 0 Å². The molecule has 13 heavy (non-hydrogen) atoms. The molecule has 1 heterocycles. The van der Waals surface area contributed by atoms with Gasteiger partial charge in [0.1, 0.15) is 0 Å². The summed E-state index contributed by atoms with van der Waals surface area (Å²) < 4.78 is 22.9. The van der Waals surface area contributed by atoms with E-state index in [4.69, 9.17) is 0 Å². The summed E-state index contributed by atoms with van der Waals surface area (Å²) in [7, 11) is -3.35. The number of hydrogen-bond acceptors (Lipinski definition) is 3. The van der Waals surface area contributed by atoms with Gasteiger partial charge in [0.05, 0.1) is 24.9 Å². The van der Waals surface area contributed by atoms with Crippen LogP contribution in [0.4, 0.5) is 0 Å². The average molecular weight is 203 g/mol. The van der Waals surface area contributed by atoms with E-state index in [0.717, 1.165) is 0 Å². The van der Waals surface area contributed by atoms with Gasteiger partial charge >= 0.3 is 0 Å². The maximum atomic E-state index is 11.5. The minimum atomic E-state index is -3.35. The first kappa shape index (κ1) is 10.2. The third kappa shape index (κ3) is 2.53. The molecule has 6 heteroatoms. The molecule has 1 radical (unpaired) electrons. The topological polar surface area (TPSA) is 82.7 Å². The molecule has 0 saturated heterocycles. The normalized spacial score (nSPS) is 14.3. The van der Waals surface area contributed by atoms with Crippen molar-refractivity contribution in [3.8, 4) is 0 Å². The molecule has 5 nitrogen and oxygen atoms in total. The highest BCUT2D eigenvalue weighted by molar-refractivity contribution is 7.91. The molecule has 0 bridgehead atoms. The first-order valence-corrected chi connectivity index (χ1v) is 5.50. The van der Waals surface area contributed by atoms with Gasteiger partial charge in [-0.15, -0.1) is 0 Å². The molecule has 0 aliphatic heterocycles. The lowest BCUT2D eigenvalue weighted by Gasteiger charge is -2.05. The van der Waals surface area contributed by atoms with Crippen LogP contribution in [0.3, 0.4) is 0 Å². The fourth-order valence-corrected chi connectivity index (χ4v) is 2.40. The largest absolute Gasteiger partial charge is 0.336 e. The molecule has 0 aromatic carbocycles. The Morgan fingerprint density at radius 3 is 2.77 bits per heavy atom. The average Bonchev–Trinajstić information content (AvgIpc) is 2.55. The Balaban J connectivity index is 2.79. The van der Waals surface area contributed by atoms with E-state index in [1.54, 1.807) is 6.92 Å². The van der Waals surface area contributed by atoms with Gasteiger partial charge in [-0.25, -0.2) is 18.5 Å². The first-order valence-electron chi connectivity index (χ1n) is 3.85. The van der Waals surface area contributed by atoms with E-state index in [-0.39, 0.29) is 23.3 Å². The van der Waals surface area contributed by atoms with Gasteiger partial charge in [-0.3, -0.25) is 0 Å². The van der Waals surface area contributed by atoms with Crippen molar-refractivity contribution >= 4 is 9.84 Å². The zero-order chi connectivity index (χ0) is 9.90. The monoisotopic (exact) mass is 203 g/mol. The summed E-state index contributed by atoms with van der Waals surface area (Å²) in [6.07, 6.45) is 2.54. The van der Waals surface area contributed by atoms with E-state index in [2.05, 4.69) is 9.97 Å². The van der Waals surface area contributed by atoms with Crippen LogP contribution in [0, 0.1) is 5.92 Å². The maximum absolute atomic E-state index is 11.5. The Labute approximate surface area is 76.7 Å². The molecule has 0 saturated carbocycles. The van der Waals surface area contributed by atoms with E-state index < -0.39 is 9.84 Å². The fraction of sp³-hybridized carbons (Fsp3) is 0.571. The van der Waals surface area contributed by atoms with Gasteiger partial charge in [-0.2, -0.15) is 0 Å². The number of nitrogens with one attached hydrogen (secondary N) is 1. The molecule has 1 aromatic rings. The second-order valence-corrected chi connectivity index (χ2v) is 4.97. The Kier molecular flexibility index (Phi) is 3.05. The van der Waals surface area contributed by atoms with E-state index in [0.29, 0.717) is 0 Å². The van der Waals surface area contributed by atoms with Crippen molar-refractivity contribution in [2.24, 2.45) is 5.92 Å². The predicted molar refractivity (Wildman–Crippen MR) is 45.4 cm³/mol. The van der Waals surface area contributed by atoms with Crippen LogP contribution in [0.15, 0.2) is 17.6 Å². The van der Waals surface area contributed by atoms with E-state index >= 15 is 0 Å². The second-order valence-electron chi connectivity index (χ2n) is 2.97. The molecular formula is C7H11N2O3S. The molecule has 0 aliphatic carbocycles. The molecule has 1 aromatic heterocycles. The van der Waals surface area contributed by atoms with Crippen molar-refractivity contribution in [2.75, 3.05) is 12.4 Å². The maximum Gasteiger partial charge on any atom is 0.195 e. The van der Waals surface area contributed by atoms with Gasteiger partial charge in [-0.05, 0) is 5.92 Å². The van der Waals surface area contributed by atoms with Crippen LogP contribution in [0.5, 0.6) is 0 Å². The summed E-state index contributed by atoms with van der Waals surface area (Å²) >= 11 is 0. The Hall–Kier alpha value is -0.880. The summed E-state index contributed by atoms with van der Waals surface area (Å²) in [5.74, 6) is -0.494. The number of hydrogen-bond donors (Lipinski definition) is 1. The molecular weight excluding hydrogens is 192 g/mol. The quantitative estimate of drug-likeness (QED) is 0.761. The lowest BCUT2D eigenvalue weighted by atomic mass is 10.2. The molecule has 1 rings (SSSR count). The van der Waals surface area contributed by atoms with Gasteiger partial charge in [0.2, 0.25) is 0 Å². The predicted octanol–water partition coefficient (Wildman–Crippen LogP) is 0.250. The van der Waals surface area contributed by atoms with Crippen LogP contribution >= 0.6 is 0 Å². The SMILES string of the molecule is CC(C[O])CS(=O)(=O)c1cnc[nH]1. The minimum Gasteiger partial charge on any atom is -0.336 e. The fourth-order valence-electron chi connectivity index (χ4n) is 0.926. The highest BCUT2D eigenvalue weighted by atomic mass is 32.2. The second kappa shape index (κ2) is 3.89. The zero-order valence-electron chi connectivity index (χ0n) is 7.23. The number of imidazole rings is 1. The number of rotatable bonds is 4. The Morgan fingerprint density at radius 2 is 2.31 bits per heavy atom. The third-order valence-electron chi connectivity index (χ3n) is 1.60. The number of nitrogens with zero attached hydrogens (tertiary/aromatic N) is 1. The van der Waals surface area contributed by atoms with Crippen LogP contribution in [0.25, 0.3) is 0 Å². The van der Waals surface area contributed by atoms with Crippen molar-refractivity contribution in [3.05, 3.63) is 12.5 Å². The van der Waals surface area contributed by atoms with Crippen molar-refractivity contribution in [3.63, 3.8) is 0 Å². The number of sulfone groups is 1. The standard InChI is InChI=1S/C7H11N2O3S/c1-6(3-10)4-13(11,12)7-2-8-5-9-7/h2,5-6H,3-4H2,1H3,(H,8,9). The van der Waals surface area contributed by atoms with E-state index in [1.807, 2.05) is 0 Å². The van der Waals surface area contributed by atoms with Crippen LogP contribution in [0.2, 0.25) is 0 Å². The summed E-state index contributed by atoms with van der Waals surface area (Å²) in [5, 5.41) is 10.5. The van der Waals surface area contributed by atoms with Gasteiger partial charge in [0, 0.05) is 0 Å². The van der Waals surface area contributed by atoms with Crippen LogP contribution in [-0.4, -0.2) is 30.7 Å². The van der Waals surface area contributed by atoms with Gasteiger partial charge in [-0.1, -0.05) is 6.92 Å². The van der Waals surface area contributed by atoms with Crippen molar-refractivity contribution < 1.29 is 13.5 Å². The van der Waals surface area contributed by atoms with Crippen molar-refractivity contribution in [1.29, 1.82) is 0 Å². The molecule has 1 atom stereocenters. The molecule has 73 valence electrons. The summed E-state index contributed by atoms with van der Waals surface area (Å²) in [5.41, 5.74) is 0. The molecule has 1 N–H and O–H groups in total. The lowest BCUT2D eigenvalue weighted by Crippen LogP contribution is -2.16. The van der Waals surface area contributed by atoms with Crippen LogP contribution in [0.1, 0.15) is 6.92 Å². The number of aromatic nitrogens is 2. The molecule has 0 aliphatic rings. The van der Waals surface area contributed by atoms with Gasteiger partial charge < -0.3 is 4.98 Å². The smallest absolute Gasteiger partial charge is 0.195 e. The third-order valence-corrected chi connectivity index (χ3v) is 3.50. The zero-order valence-corrected chi connectivity index (χ0v) is 8.04. The molecule has 1 unspecified atom stereocenters. The lowest BCUT2D eigenvalue weighted by molar-refractivity contribution is 0.159. The minimum absolute atomic E-state index is 0.0767. The number of H-pyrrole nitrogens is 1. The van der Waals surface area contributed by atoms with Gasteiger partial charge in [0.15, 0.2) is 14.9 Å². The summed E-state index contributed by atoms with van der Waals surface area (Å²) in [6.45, 7) is 1.23. The van der Waals surface area contributed by atoms with Crippen LogP contribution < -0.4 is 0 Å². The van der Waals surface area contributed by atoms with Crippen molar-refractivity contribution in [2.45, 2.75) is 11.9 Å². The highest BCUT2D eigenvalue weighted by Gasteiger charge is 2.19. The molecule has 0 spiro atoms. The Bertz CT molecular complexity index is 344. The molecule has 0 amide bonds. The summed E-state index contributed by atoms with van der Waals surface area (Å²) in [6, 6.07) is 0. The Morgan fingerprint density at radius 1 is 1.62 bits per heavy atom. The highest BCUT2D eigenvalue weighted by Crippen LogP contribution is 2.09. The summed E-state index contributed by atoms with van der Waals surface area (Å²) in [4.78, 5) is 6.11.